The lowest BCUT2D eigenvalue weighted by molar-refractivity contribution is -0.120. The first kappa shape index (κ1) is 13.7. The highest BCUT2D eigenvalue weighted by molar-refractivity contribution is 5.78. The van der Waals surface area contributed by atoms with Crippen LogP contribution >= 0.6 is 0 Å². The van der Waals surface area contributed by atoms with Crippen molar-refractivity contribution in [3.63, 3.8) is 0 Å². The van der Waals surface area contributed by atoms with Gasteiger partial charge in [-0.1, -0.05) is 38.1 Å². The Balaban J connectivity index is 2.80. The number of benzene rings is 1. The first-order valence-electron chi connectivity index (χ1n) is 5.99. The Bertz CT molecular complexity index is 361. The molecule has 94 valence electrons. The fraction of sp³-hybridized carbons (Fsp3) is 0.462. The minimum Gasteiger partial charge on any atom is -0.300 e. The lowest BCUT2D eigenvalue weighted by Gasteiger charge is -2.19. The van der Waals surface area contributed by atoms with Crippen LogP contribution in [0.25, 0.3) is 0 Å². The van der Waals surface area contributed by atoms with Gasteiger partial charge in [-0.15, -0.1) is 0 Å². The molecule has 0 saturated heterocycles. The standard InChI is InChI=1S/C13H21N3O/c1-3-16(4-2)10-12-8-6-5-7-11(12)9-13(17)15-14/h5-8H,3-4,9-10,14H2,1-2H3,(H,15,17). The van der Waals surface area contributed by atoms with Crippen molar-refractivity contribution in [1.82, 2.24) is 10.3 Å². The van der Waals surface area contributed by atoms with Gasteiger partial charge >= 0.3 is 0 Å². The number of nitrogens with two attached hydrogens (primary N) is 1. The lowest BCUT2D eigenvalue weighted by Crippen LogP contribution is -2.32. The quantitative estimate of drug-likeness (QED) is 0.440. The third-order valence-electron chi connectivity index (χ3n) is 2.92. The highest BCUT2D eigenvalue weighted by atomic mass is 16.2. The second-order valence-corrected chi connectivity index (χ2v) is 3.97. The maximum absolute atomic E-state index is 11.3. The Morgan fingerprint density at radius 3 is 2.35 bits per heavy atom. The predicted molar refractivity (Wildman–Crippen MR) is 69.1 cm³/mol. The topological polar surface area (TPSA) is 58.4 Å². The first-order chi connectivity index (χ1) is 8.21. The van der Waals surface area contributed by atoms with Crippen molar-refractivity contribution in [3.05, 3.63) is 35.4 Å². The first-order valence-corrected chi connectivity index (χ1v) is 5.99. The molecule has 0 unspecified atom stereocenters. The Kier molecular flexibility index (Phi) is 5.66. The average molecular weight is 235 g/mol. The number of carbonyl (C=O) groups excluding carboxylic acids is 1. The van der Waals surface area contributed by atoms with Crippen LogP contribution in [0.5, 0.6) is 0 Å². The summed E-state index contributed by atoms with van der Waals surface area (Å²) >= 11 is 0. The van der Waals surface area contributed by atoms with Crippen LogP contribution in [0.4, 0.5) is 0 Å². The number of nitrogens with one attached hydrogen (secondary N) is 1. The average Bonchev–Trinajstić information content (AvgIpc) is 2.37. The second-order valence-electron chi connectivity index (χ2n) is 3.97. The molecular formula is C13H21N3O. The fourth-order valence-electron chi connectivity index (χ4n) is 1.80. The van der Waals surface area contributed by atoms with Gasteiger partial charge in [-0.2, -0.15) is 0 Å². The van der Waals surface area contributed by atoms with Crippen molar-refractivity contribution in [3.8, 4) is 0 Å². The zero-order valence-electron chi connectivity index (χ0n) is 10.6. The summed E-state index contributed by atoms with van der Waals surface area (Å²) in [7, 11) is 0. The van der Waals surface area contributed by atoms with E-state index in [9.17, 15) is 4.79 Å². The summed E-state index contributed by atoms with van der Waals surface area (Å²) in [5.74, 6) is 4.96. The molecule has 1 amide bonds. The molecule has 4 nitrogen and oxygen atoms in total. The van der Waals surface area contributed by atoms with Gasteiger partial charge in [-0.3, -0.25) is 15.1 Å². The molecule has 0 radical (unpaired) electrons. The molecule has 1 rings (SSSR count). The summed E-state index contributed by atoms with van der Waals surface area (Å²) in [6, 6.07) is 8.00. The Labute approximate surface area is 103 Å². The van der Waals surface area contributed by atoms with E-state index >= 15 is 0 Å². The van der Waals surface area contributed by atoms with Crippen molar-refractivity contribution in [2.75, 3.05) is 13.1 Å². The molecule has 1 aromatic carbocycles. The molecule has 0 fully saturated rings. The van der Waals surface area contributed by atoms with Gasteiger partial charge in [0.25, 0.3) is 0 Å². The van der Waals surface area contributed by atoms with Gasteiger partial charge in [0.15, 0.2) is 0 Å². The van der Waals surface area contributed by atoms with Gasteiger partial charge in [0, 0.05) is 6.54 Å². The van der Waals surface area contributed by atoms with E-state index in [-0.39, 0.29) is 5.91 Å². The highest BCUT2D eigenvalue weighted by Crippen LogP contribution is 2.12. The maximum Gasteiger partial charge on any atom is 0.238 e. The van der Waals surface area contributed by atoms with E-state index in [1.165, 1.54) is 5.56 Å². The molecule has 4 heteroatoms. The summed E-state index contributed by atoms with van der Waals surface area (Å²) in [5, 5.41) is 0. The zero-order chi connectivity index (χ0) is 12.7. The van der Waals surface area contributed by atoms with Gasteiger partial charge in [0.2, 0.25) is 5.91 Å². The molecule has 0 aliphatic rings. The number of rotatable bonds is 6. The van der Waals surface area contributed by atoms with Crippen LogP contribution in [0.3, 0.4) is 0 Å². The number of hydrogen-bond acceptors (Lipinski definition) is 3. The van der Waals surface area contributed by atoms with Crippen LogP contribution in [0.2, 0.25) is 0 Å². The fourth-order valence-corrected chi connectivity index (χ4v) is 1.80. The molecule has 0 spiro atoms. The second kappa shape index (κ2) is 7.04. The van der Waals surface area contributed by atoms with Crippen LogP contribution in [0.15, 0.2) is 24.3 Å². The van der Waals surface area contributed by atoms with Crippen molar-refractivity contribution in [2.45, 2.75) is 26.8 Å². The molecule has 0 atom stereocenters. The minimum absolute atomic E-state index is 0.156. The lowest BCUT2D eigenvalue weighted by atomic mass is 10.0. The largest absolute Gasteiger partial charge is 0.300 e. The molecular weight excluding hydrogens is 214 g/mol. The molecule has 0 aliphatic heterocycles. The van der Waals surface area contributed by atoms with Crippen LogP contribution in [0, 0.1) is 0 Å². The summed E-state index contributed by atoms with van der Waals surface area (Å²) in [5.41, 5.74) is 4.41. The van der Waals surface area contributed by atoms with Crippen molar-refractivity contribution in [1.29, 1.82) is 0 Å². The summed E-state index contributed by atoms with van der Waals surface area (Å²) in [6.07, 6.45) is 0.341. The number of hydrazine groups is 1. The minimum atomic E-state index is -0.156. The monoisotopic (exact) mass is 235 g/mol. The Morgan fingerprint density at radius 2 is 1.82 bits per heavy atom. The molecule has 0 bridgehead atoms. The van der Waals surface area contributed by atoms with Gasteiger partial charge in [0.05, 0.1) is 6.42 Å². The highest BCUT2D eigenvalue weighted by Gasteiger charge is 2.08. The van der Waals surface area contributed by atoms with E-state index in [1.807, 2.05) is 18.2 Å². The molecule has 0 aromatic heterocycles. The van der Waals surface area contributed by atoms with Gasteiger partial charge in [0.1, 0.15) is 0 Å². The van der Waals surface area contributed by atoms with Crippen LogP contribution in [0.1, 0.15) is 25.0 Å². The SMILES string of the molecule is CCN(CC)Cc1ccccc1CC(=O)NN. The summed E-state index contributed by atoms with van der Waals surface area (Å²) in [4.78, 5) is 13.6. The van der Waals surface area contributed by atoms with Crippen LogP contribution < -0.4 is 11.3 Å². The molecule has 1 aromatic rings. The van der Waals surface area contributed by atoms with E-state index in [0.717, 1.165) is 25.2 Å². The smallest absolute Gasteiger partial charge is 0.238 e. The molecule has 17 heavy (non-hydrogen) atoms. The summed E-state index contributed by atoms with van der Waals surface area (Å²) in [6.45, 7) is 7.17. The molecule has 0 aliphatic carbocycles. The predicted octanol–water partition coefficient (Wildman–Crippen LogP) is 1.06. The third kappa shape index (κ3) is 4.17. The number of nitrogens with zero attached hydrogens (tertiary/aromatic N) is 1. The van der Waals surface area contributed by atoms with Gasteiger partial charge in [-0.05, 0) is 24.2 Å². The van der Waals surface area contributed by atoms with Crippen molar-refractivity contribution in [2.24, 2.45) is 5.84 Å². The van der Waals surface area contributed by atoms with Crippen LogP contribution in [-0.2, 0) is 17.8 Å². The van der Waals surface area contributed by atoms with E-state index in [1.54, 1.807) is 0 Å². The van der Waals surface area contributed by atoms with Gasteiger partial charge < -0.3 is 0 Å². The molecule has 0 heterocycles. The van der Waals surface area contributed by atoms with Gasteiger partial charge in [-0.25, -0.2) is 5.84 Å². The molecule has 3 N–H and O–H groups in total. The normalized spacial score (nSPS) is 10.6. The number of hydrogen-bond donors (Lipinski definition) is 2. The Hall–Kier alpha value is -1.39. The van der Waals surface area contributed by atoms with E-state index in [4.69, 9.17) is 5.84 Å². The van der Waals surface area contributed by atoms with Crippen molar-refractivity contribution >= 4 is 5.91 Å². The third-order valence-corrected chi connectivity index (χ3v) is 2.92. The Morgan fingerprint density at radius 1 is 1.24 bits per heavy atom. The van der Waals surface area contributed by atoms with E-state index < -0.39 is 0 Å². The zero-order valence-corrected chi connectivity index (χ0v) is 10.6. The van der Waals surface area contributed by atoms with E-state index in [2.05, 4.69) is 30.2 Å². The number of carbonyl (C=O) groups is 1. The van der Waals surface area contributed by atoms with E-state index in [0.29, 0.717) is 6.42 Å². The number of amides is 1. The van der Waals surface area contributed by atoms with Crippen molar-refractivity contribution < 1.29 is 4.79 Å². The maximum atomic E-state index is 11.3. The molecule has 0 saturated carbocycles. The van der Waals surface area contributed by atoms with Crippen LogP contribution in [-0.4, -0.2) is 23.9 Å². The summed E-state index contributed by atoms with van der Waals surface area (Å²) < 4.78 is 0.